The lowest BCUT2D eigenvalue weighted by atomic mass is 10.0. The number of rotatable bonds is 59. The van der Waals surface area contributed by atoms with Crippen LogP contribution in [0.4, 0.5) is 0 Å². The van der Waals surface area contributed by atoms with E-state index >= 15 is 0 Å². The molecule has 0 aliphatic heterocycles. The Morgan fingerprint density at radius 1 is 0.253 bits per heavy atom. The molecular weight excluding hydrogens is 973 g/mol. The first-order valence-electron chi connectivity index (χ1n) is 33.0. The molecule has 0 heterocycles. The molecule has 0 aromatic rings. The van der Waals surface area contributed by atoms with Crippen LogP contribution in [-0.4, -0.2) is 37.2 Å². The monoisotopic (exact) mass is 1090 g/mol. The predicted molar refractivity (Wildman–Crippen MR) is 343 cm³/mol. The van der Waals surface area contributed by atoms with Gasteiger partial charge >= 0.3 is 17.9 Å². The maximum atomic E-state index is 12.9. The molecule has 450 valence electrons. The van der Waals surface area contributed by atoms with Crippen molar-refractivity contribution in [3.8, 4) is 0 Å². The minimum absolute atomic E-state index is 0.0865. The molecule has 0 N–H and O–H groups in total. The van der Waals surface area contributed by atoms with Crippen molar-refractivity contribution in [2.45, 2.75) is 309 Å². The number of hydrogen-bond donors (Lipinski definition) is 0. The number of esters is 3. The van der Waals surface area contributed by atoms with Gasteiger partial charge in [0.25, 0.3) is 0 Å². The van der Waals surface area contributed by atoms with E-state index in [9.17, 15) is 14.4 Å². The Morgan fingerprint density at radius 2 is 0.456 bits per heavy atom. The summed E-state index contributed by atoms with van der Waals surface area (Å²) in [6.45, 7) is 6.31. The van der Waals surface area contributed by atoms with Gasteiger partial charge in [-0.25, -0.2) is 0 Å². The van der Waals surface area contributed by atoms with E-state index in [1.807, 2.05) is 0 Å². The third-order valence-corrected chi connectivity index (χ3v) is 13.9. The summed E-state index contributed by atoms with van der Waals surface area (Å²) in [6, 6.07) is 0. The Morgan fingerprint density at radius 3 is 0.709 bits per heavy atom. The fraction of sp³-hybridized carbons (Fsp3) is 0.685. The van der Waals surface area contributed by atoms with Gasteiger partial charge in [0, 0.05) is 19.3 Å². The number of carbonyl (C=O) groups is 3. The van der Waals surface area contributed by atoms with Crippen LogP contribution in [0, 0.1) is 0 Å². The molecule has 0 aliphatic rings. The van der Waals surface area contributed by atoms with Gasteiger partial charge in [-0.05, 0) is 122 Å². The summed E-state index contributed by atoms with van der Waals surface area (Å²) >= 11 is 0. The van der Waals surface area contributed by atoms with Gasteiger partial charge in [-0.3, -0.25) is 14.4 Å². The lowest BCUT2D eigenvalue weighted by Crippen LogP contribution is -2.30. The SMILES string of the molecule is CC/C=C\C/C=C\C/C=C\C/C=C\CCCCCCCCCCCCCCCCC(=O)OCC(COC(=O)CCCCCCCCC/C=C\C/C=C\C/C=C\CC)OC(=O)CCCCCCCCC/C=C\C/C=C\C/C=C\CC. The normalized spacial score (nSPS) is 12.9. The van der Waals surface area contributed by atoms with E-state index in [1.165, 1.54) is 128 Å². The van der Waals surface area contributed by atoms with Crippen LogP contribution in [0.3, 0.4) is 0 Å². The van der Waals surface area contributed by atoms with Crippen LogP contribution >= 0.6 is 0 Å². The van der Waals surface area contributed by atoms with Gasteiger partial charge in [0.05, 0.1) is 0 Å². The Balaban J connectivity index is 4.33. The third-order valence-electron chi connectivity index (χ3n) is 13.9. The van der Waals surface area contributed by atoms with Crippen molar-refractivity contribution in [1.82, 2.24) is 0 Å². The van der Waals surface area contributed by atoms with E-state index in [-0.39, 0.29) is 31.1 Å². The first-order valence-corrected chi connectivity index (χ1v) is 33.0. The summed E-state index contributed by atoms with van der Waals surface area (Å²) in [7, 11) is 0. The van der Waals surface area contributed by atoms with Crippen LogP contribution in [0.1, 0.15) is 303 Å². The summed E-state index contributed by atoms with van der Waals surface area (Å²) in [5.74, 6) is -0.899. The quantitative estimate of drug-likeness (QED) is 0.0261. The Kier molecular flexibility index (Phi) is 62.8. The van der Waals surface area contributed by atoms with Crippen LogP contribution in [0.2, 0.25) is 0 Å². The average molecular weight is 1100 g/mol. The van der Waals surface area contributed by atoms with E-state index < -0.39 is 6.10 Å². The molecule has 1 atom stereocenters. The maximum Gasteiger partial charge on any atom is 0.306 e. The first-order chi connectivity index (χ1) is 39.0. The lowest BCUT2D eigenvalue weighted by molar-refractivity contribution is -0.167. The highest BCUT2D eigenvalue weighted by Crippen LogP contribution is 2.16. The number of ether oxygens (including phenoxy) is 3. The molecule has 1 unspecified atom stereocenters. The zero-order chi connectivity index (χ0) is 57.1. The van der Waals surface area contributed by atoms with Crippen LogP contribution < -0.4 is 0 Å². The first kappa shape index (κ1) is 74.8. The summed E-state index contributed by atoms with van der Waals surface area (Å²) in [5.41, 5.74) is 0. The zero-order valence-corrected chi connectivity index (χ0v) is 51.6. The Labute approximate surface area is 488 Å². The number of unbranched alkanes of at least 4 members (excludes halogenated alkanes) is 28. The zero-order valence-electron chi connectivity index (χ0n) is 51.6. The van der Waals surface area contributed by atoms with E-state index in [0.29, 0.717) is 19.3 Å². The van der Waals surface area contributed by atoms with Crippen molar-refractivity contribution >= 4 is 17.9 Å². The molecule has 0 amide bonds. The largest absolute Gasteiger partial charge is 0.462 e. The van der Waals surface area contributed by atoms with Crippen LogP contribution in [0.25, 0.3) is 0 Å². The molecule has 0 bridgehead atoms. The van der Waals surface area contributed by atoms with Crippen molar-refractivity contribution in [2.24, 2.45) is 0 Å². The van der Waals surface area contributed by atoms with Crippen molar-refractivity contribution in [3.63, 3.8) is 0 Å². The van der Waals surface area contributed by atoms with Crippen molar-refractivity contribution < 1.29 is 28.6 Å². The highest BCUT2D eigenvalue weighted by atomic mass is 16.6. The molecule has 0 rings (SSSR count). The number of carbonyl (C=O) groups excluding carboxylic acids is 3. The molecule has 6 heteroatoms. The number of hydrogen-bond acceptors (Lipinski definition) is 6. The van der Waals surface area contributed by atoms with E-state index in [1.54, 1.807) is 0 Å². The Bertz CT molecular complexity index is 1640. The van der Waals surface area contributed by atoms with Gasteiger partial charge < -0.3 is 14.2 Å². The molecule has 0 aromatic carbocycles. The molecule has 0 radical (unpaired) electrons. The fourth-order valence-corrected chi connectivity index (χ4v) is 9.11. The molecular formula is C73H122O6. The Hall–Kier alpha value is -4.19. The van der Waals surface area contributed by atoms with Crippen molar-refractivity contribution in [3.05, 3.63) is 122 Å². The smallest absolute Gasteiger partial charge is 0.306 e. The molecule has 0 fully saturated rings. The van der Waals surface area contributed by atoms with Crippen LogP contribution in [0.15, 0.2) is 122 Å². The topological polar surface area (TPSA) is 78.9 Å². The van der Waals surface area contributed by atoms with Gasteiger partial charge in [0.1, 0.15) is 13.2 Å². The van der Waals surface area contributed by atoms with E-state index in [4.69, 9.17) is 14.2 Å². The van der Waals surface area contributed by atoms with Crippen LogP contribution in [-0.2, 0) is 28.6 Å². The fourth-order valence-electron chi connectivity index (χ4n) is 9.11. The lowest BCUT2D eigenvalue weighted by Gasteiger charge is -2.18. The second-order valence-electron chi connectivity index (χ2n) is 21.6. The highest BCUT2D eigenvalue weighted by molar-refractivity contribution is 5.71. The van der Waals surface area contributed by atoms with Crippen molar-refractivity contribution in [2.75, 3.05) is 13.2 Å². The van der Waals surface area contributed by atoms with Gasteiger partial charge in [0.15, 0.2) is 6.10 Å². The molecule has 0 aromatic heterocycles. The summed E-state index contributed by atoms with van der Waals surface area (Å²) in [5, 5.41) is 0. The van der Waals surface area contributed by atoms with Gasteiger partial charge in [0.2, 0.25) is 0 Å². The highest BCUT2D eigenvalue weighted by Gasteiger charge is 2.19. The second kappa shape index (κ2) is 66.3. The van der Waals surface area contributed by atoms with Gasteiger partial charge in [-0.15, -0.1) is 0 Å². The van der Waals surface area contributed by atoms with E-state index in [0.717, 1.165) is 135 Å². The summed E-state index contributed by atoms with van der Waals surface area (Å²) in [6.07, 6.45) is 92.1. The third kappa shape index (κ3) is 64.5. The van der Waals surface area contributed by atoms with Gasteiger partial charge in [-0.1, -0.05) is 284 Å². The summed E-state index contributed by atoms with van der Waals surface area (Å²) < 4.78 is 16.9. The molecule has 6 nitrogen and oxygen atoms in total. The maximum absolute atomic E-state index is 12.9. The van der Waals surface area contributed by atoms with Gasteiger partial charge in [-0.2, -0.15) is 0 Å². The molecule has 0 saturated heterocycles. The minimum Gasteiger partial charge on any atom is -0.462 e. The molecule has 79 heavy (non-hydrogen) atoms. The van der Waals surface area contributed by atoms with E-state index in [2.05, 4.69) is 142 Å². The number of allylic oxidation sites excluding steroid dienone is 20. The second-order valence-corrected chi connectivity index (χ2v) is 21.6. The standard InChI is InChI=1S/C73H122O6/c1-4-7-10-13-16-19-22-25-28-31-32-33-34-35-36-37-38-39-40-43-45-48-51-54-57-60-63-66-72(75)78-69-70(79-73(76)67-64-61-58-55-52-49-46-42-30-27-24-21-18-15-12-9-6-3)68-77-71(74)65-62-59-56-53-50-47-44-41-29-26-23-20-17-14-11-8-5-2/h7-12,16-21,25-30,32-33,70H,4-6,13-15,22-24,31,34-69H2,1-3H3/b10-7-,11-8-,12-9-,19-16-,20-17-,21-18-,28-25-,29-26-,30-27-,33-32-. The minimum atomic E-state index is -0.792. The molecule has 0 aliphatic carbocycles. The van der Waals surface area contributed by atoms with Crippen molar-refractivity contribution in [1.29, 1.82) is 0 Å². The van der Waals surface area contributed by atoms with Crippen LogP contribution in [0.5, 0.6) is 0 Å². The summed E-state index contributed by atoms with van der Waals surface area (Å²) in [4.78, 5) is 38.4. The molecule has 0 spiro atoms. The predicted octanol–water partition coefficient (Wildman–Crippen LogP) is 22.8. The molecule has 0 saturated carbocycles. The average Bonchev–Trinajstić information content (AvgIpc) is 3.45.